The molecule has 0 saturated heterocycles. The van der Waals surface area contributed by atoms with E-state index < -0.39 is 6.09 Å². The van der Waals surface area contributed by atoms with Gasteiger partial charge in [-0.3, -0.25) is 10.7 Å². The van der Waals surface area contributed by atoms with Gasteiger partial charge >= 0.3 is 6.09 Å². The number of anilines is 2. The van der Waals surface area contributed by atoms with Crippen LogP contribution in [-0.4, -0.2) is 29.2 Å². The number of ether oxygens (including phenoxy) is 2. The van der Waals surface area contributed by atoms with Crippen LogP contribution in [0, 0.1) is 11.3 Å². The molecule has 10 heteroatoms. The third kappa shape index (κ3) is 5.89. The maximum atomic E-state index is 11.9. The Bertz CT molecular complexity index is 1240. The minimum Gasteiger partial charge on any atom is -0.493 e. The van der Waals surface area contributed by atoms with Gasteiger partial charge in [0.1, 0.15) is 11.6 Å². The van der Waals surface area contributed by atoms with Crippen molar-refractivity contribution in [3.63, 3.8) is 0 Å². The summed E-state index contributed by atoms with van der Waals surface area (Å²) in [4.78, 5) is 11.9. The van der Waals surface area contributed by atoms with E-state index in [1.165, 1.54) is 12.8 Å². The van der Waals surface area contributed by atoms with Crippen LogP contribution in [-0.2, 0) is 11.3 Å². The lowest BCUT2D eigenvalue weighted by molar-refractivity contribution is 0.130. The Labute approximate surface area is 203 Å². The molecular formula is C25H31N7O3. The second kappa shape index (κ2) is 10.5. The summed E-state index contributed by atoms with van der Waals surface area (Å²) in [6.07, 6.45) is 2.04. The number of fused-ring (bicyclic) bond motifs is 1. The summed E-state index contributed by atoms with van der Waals surface area (Å²) in [5, 5.41) is 18.0. The van der Waals surface area contributed by atoms with E-state index in [1.54, 1.807) is 13.8 Å². The number of carbonyl (C=O) groups excluding carboxylic acids is 1. The smallest absolute Gasteiger partial charge is 0.411 e. The highest BCUT2D eigenvalue weighted by atomic mass is 16.6. The number of hydrogen-bond acceptors (Lipinski definition) is 6. The summed E-state index contributed by atoms with van der Waals surface area (Å²) in [6, 6.07) is 13.4. The van der Waals surface area contributed by atoms with Crippen molar-refractivity contribution < 1.29 is 14.3 Å². The molecule has 0 atom stereocenters. The first-order chi connectivity index (χ1) is 16.9. The molecule has 0 aliphatic heterocycles. The van der Waals surface area contributed by atoms with Gasteiger partial charge in [-0.1, -0.05) is 17.4 Å². The number of nitrogens with zero attached hydrogens (tertiary/aromatic N) is 3. The number of hydrogen-bond donors (Lipinski definition) is 4. The summed E-state index contributed by atoms with van der Waals surface area (Å²) in [6.45, 7) is 4.77. The summed E-state index contributed by atoms with van der Waals surface area (Å²) in [5.74, 6) is 6.37. The fourth-order valence-electron chi connectivity index (χ4n) is 3.96. The molecule has 0 unspecified atom stereocenters. The predicted octanol–water partition coefficient (Wildman–Crippen LogP) is 5.33. The third-order valence-corrected chi connectivity index (χ3v) is 5.75. The highest BCUT2D eigenvalue weighted by Crippen LogP contribution is 2.41. The number of nitrogens with two attached hydrogens (primary N) is 2. The van der Waals surface area contributed by atoms with Crippen LogP contribution in [0.3, 0.4) is 0 Å². The number of amidine groups is 1. The Hall–Kier alpha value is -4.08. The third-order valence-electron chi connectivity index (χ3n) is 5.75. The zero-order valence-corrected chi connectivity index (χ0v) is 20.0. The van der Waals surface area contributed by atoms with Crippen LogP contribution < -0.4 is 21.6 Å². The molecular weight excluding hydrogens is 446 g/mol. The molecule has 0 bridgehead atoms. The molecule has 3 aromatic rings. The summed E-state index contributed by atoms with van der Waals surface area (Å²) in [7, 11) is 0. The highest BCUT2D eigenvalue weighted by Gasteiger charge is 2.26. The minimum absolute atomic E-state index is 0.0626. The van der Waals surface area contributed by atoms with Gasteiger partial charge in [0.15, 0.2) is 0 Å². The monoisotopic (exact) mass is 477 g/mol. The fourth-order valence-corrected chi connectivity index (χ4v) is 3.96. The molecule has 6 N–H and O–H groups in total. The van der Waals surface area contributed by atoms with Crippen LogP contribution >= 0.6 is 0 Å². The fraction of sp³-hybridized carbons (Fsp3) is 0.360. The first kappa shape index (κ1) is 24.1. The Morgan fingerprint density at radius 3 is 2.63 bits per heavy atom. The van der Waals surface area contributed by atoms with Gasteiger partial charge in [0.05, 0.1) is 29.6 Å². The number of benzene rings is 2. The largest absolute Gasteiger partial charge is 0.493 e. The number of amides is 1. The number of nitrogens with one attached hydrogen (secondary N) is 2. The van der Waals surface area contributed by atoms with Crippen molar-refractivity contribution in [2.24, 2.45) is 22.1 Å². The van der Waals surface area contributed by atoms with Crippen molar-refractivity contribution in [1.82, 2.24) is 4.57 Å². The van der Waals surface area contributed by atoms with E-state index in [-0.39, 0.29) is 11.9 Å². The van der Waals surface area contributed by atoms with E-state index in [9.17, 15) is 4.79 Å². The zero-order valence-electron chi connectivity index (χ0n) is 20.0. The lowest BCUT2D eigenvalue weighted by Gasteiger charge is -2.13. The Morgan fingerprint density at radius 1 is 1.23 bits per heavy atom. The van der Waals surface area contributed by atoms with Crippen LogP contribution in [0.1, 0.15) is 33.1 Å². The van der Waals surface area contributed by atoms with Gasteiger partial charge < -0.3 is 25.6 Å². The Morgan fingerprint density at radius 2 is 1.97 bits per heavy atom. The lowest BCUT2D eigenvalue weighted by Crippen LogP contribution is -2.17. The van der Waals surface area contributed by atoms with Gasteiger partial charge in [0.2, 0.25) is 0 Å². The molecule has 1 heterocycles. The summed E-state index contributed by atoms with van der Waals surface area (Å²) >= 11 is 0. The van der Waals surface area contributed by atoms with Gasteiger partial charge in [-0.2, -0.15) is 0 Å². The van der Waals surface area contributed by atoms with Gasteiger partial charge in [-0.15, -0.1) is 5.11 Å². The molecule has 184 valence electrons. The second-order valence-corrected chi connectivity index (χ2v) is 8.91. The van der Waals surface area contributed by atoms with Crippen molar-refractivity contribution >= 4 is 34.2 Å². The van der Waals surface area contributed by atoms with Crippen molar-refractivity contribution in [2.75, 3.05) is 17.7 Å². The van der Waals surface area contributed by atoms with Crippen LogP contribution in [0.4, 0.5) is 16.2 Å². The Kier molecular flexibility index (Phi) is 7.19. The number of rotatable bonds is 9. The van der Waals surface area contributed by atoms with Crippen molar-refractivity contribution in [3.8, 4) is 17.0 Å². The molecule has 4 rings (SSSR count). The van der Waals surface area contributed by atoms with Gasteiger partial charge in [-0.25, -0.2) is 4.79 Å². The lowest BCUT2D eigenvalue weighted by atomic mass is 10.1. The molecule has 1 aliphatic rings. The highest BCUT2D eigenvalue weighted by molar-refractivity contribution is 6.01. The molecule has 2 aromatic carbocycles. The first-order valence-corrected chi connectivity index (χ1v) is 11.7. The predicted molar refractivity (Wildman–Crippen MR) is 137 cm³/mol. The molecule has 10 nitrogen and oxygen atoms in total. The van der Waals surface area contributed by atoms with Crippen LogP contribution in [0.5, 0.6) is 5.75 Å². The SMILES string of the molecule is CC(C)OC(=O)Nc1ccc(-c2c(N)c3ccc(OCCC(=N)/N=N\N)cc3n2CC2CC2)cc1. The van der Waals surface area contributed by atoms with Crippen LogP contribution in [0.25, 0.3) is 22.2 Å². The zero-order chi connectivity index (χ0) is 24.9. The molecule has 0 spiro atoms. The summed E-state index contributed by atoms with van der Waals surface area (Å²) in [5.41, 5.74) is 10.9. The van der Waals surface area contributed by atoms with Crippen LogP contribution in [0.15, 0.2) is 52.8 Å². The van der Waals surface area contributed by atoms with E-state index in [0.29, 0.717) is 36.1 Å². The van der Waals surface area contributed by atoms with E-state index in [1.807, 2.05) is 42.5 Å². The standard InChI is InChI=1S/C25H31N7O3/c1-15(2)35-25(33)29-18-7-5-17(6-8-18)24-23(27)20-10-9-19(34-12-11-22(26)30-31-28)13-21(20)32(24)14-16-3-4-16/h5-10,13,15-16H,3-4,11-12,14,27H2,1-2H3,(H,29,33)(H3,26,28,30). The molecule has 1 aromatic heterocycles. The average Bonchev–Trinajstić information content (AvgIpc) is 3.59. The Balaban J connectivity index is 1.61. The van der Waals surface area contributed by atoms with E-state index >= 15 is 0 Å². The normalized spacial score (nSPS) is 13.5. The van der Waals surface area contributed by atoms with Gasteiger partial charge in [0.25, 0.3) is 0 Å². The molecule has 1 saturated carbocycles. The van der Waals surface area contributed by atoms with Gasteiger partial charge in [0, 0.05) is 35.7 Å². The quantitative estimate of drug-likeness (QED) is 0.108. The van der Waals surface area contributed by atoms with Crippen molar-refractivity contribution in [3.05, 3.63) is 42.5 Å². The first-order valence-electron chi connectivity index (χ1n) is 11.7. The average molecular weight is 478 g/mol. The molecule has 1 aliphatic carbocycles. The van der Waals surface area contributed by atoms with Crippen molar-refractivity contribution in [1.29, 1.82) is 5.41 Å². The van der Waals surface area contributed by atoms with Gasteiger partial charge in [-0.05, 0) is 56.9 Å². The van der Waals surface area contributed by atoms with Crippen molar-refractivity contribution in [2.45, 2.75) is 45.8 Å². The number of aromatic nitrogens is 1. The number of nitrogen functional groups attached to an aromatic ring is 1. The number of carbonyl (C=O) groups is 1. The maximum absolute atomic E-state index is 11.9. The molecule has 35 heavy (non-hydrogen) atoms. The van der Waals surface area contributed by atoms with E-state index in [2.05, 4.69) is 20.2 Å². The summed E-state index contributed by atoms with van der Waals surface area (Å²) < 4.78 is 13.3. The second-order valence-electron chi connectivity index (χ2n) is 8.91. The molecule has 1 amide bonds. The maximum Gasteiger partial charge on any atom is 0.411 e. The molecule has 1 fully saturated rings. The van der Waals surface area contributed by atoms with Crippen LogP contribution in [0.2, 0.25) is 0 Å². The minimum atomic E-state index is -0.483. The topological polar surface area (TPSA) is 153 Å². The van der Waals surface area contributed by atoms with E-state index in [0.717, 1.165) is 28.7 Å². The van der Waals surface area contributed by atoms with E-state index in [4.69, 9.17) is 26.5 Å². The molecule has 0 radical (unpaired) electrons.